The predicted molar refractivity (Wildman–Crippen MR) is 73.8 cm³/mol. The highest BCUT2D eigenvalue weighted by Gasteiger charge is 2.15. The molecule has 0 bridgehead atoms. The van der Waals surface area contributed by atoms with E-state index in [4.69, 9.17) is 27.6 Å². The summed E-state index contributed by atoms with van der Waals surface area (Å²) in [4.78, 5) is 4.23. The molecule has 0 fully saturated rings. The number of furan rings is 1. The number of hydrogen-bond acceptors (Lipinski definition) is 3. The van der Waals surface area contributed by atoms with Crippen LogP contribution in [0, 0.1) is 6.92 Å². The van der Waals surface area contributed by atoms with Crippen LogP contribution >= 0.6 is 23.2 Å². The van der Waals surface area contributed by atoms with Gasteiger partial charge in [-0.15, -0.1) is 0 Å². The fraction of sp³-hybridized carbons (Fsp3) is 0.0769. The Kier molecular flexibility index (Phi) is 3.05. The van der Waals surface area contributed by atoms with Gasteiger partial charge in [-0.25, -0.2) is 9.67 Å². The number of rotatable bonds is 2. The molecule has 4 nitrogen and oxygen atoms in total. The number of aryl methyl sites for hydroxylation is 1. The average Bonchev–Trinajstić information content (AvgIpc) is 2.97. The van der Waals surface area contributed by atoms with Crippen molar-refractivity contribution in [1.82, 2.24) is 14.8 Å². The number of pyridine rings is 1. The van der Waals surface area contributed by atoms with Gasteiger partial charge in [0, 0.05) is 6.20 Å². The van der Waals surface area contributed by atoms with Crippen LogP contribution in [-0.2, 0) is 0 Å². The molecule has 19 heavy (non-hydrogen) atoms. The van der Waals surface area contributed by atoms with Crippen molar-refractivity contribution >= 4 is 23.2 Å². The highest BCUT2D eigenvalue weighted by molar-refractivity contribution is 6.35. The zero-order valence-corrected chi connectivity index (χ0v) is 11.5. The number of aromatic nitrogens is 3. The van der Waals surface area contributed by atoms with E-state index in [1.165, 1.54) is 6.20 Å². The van der Waals surface area contributed by atoms with E-state index in [1.54, 1.807) is 17.0 Å². The van der Waals surface area contributed by atoms with Crippen LogP contribution in [0.1, 0.15) is 5.69 Å². The summed E-state index contributed by atoms with van der Waals surface area (Å²) >= 11 is 12.0. The molecule has 6 heteroatoms. The largest absolute Gasteiger partial charge is 0.463 e. The zero-order chi connectivity index (χ0) is 13.4. The summed E-state index contributed by atoms with van der Waals surface area (Å²) in [7, 11) is 0. The molecular formula is C13H9Cl2N3O. The zero-order valence-electron chi connectivity index (χ0n) is 9.97. The van der Waals surface area contributed by atoms with Crippen LogP contribution in [0.25, 0.3) is 17.3 Å². The Morgan fingerprint density at radius 3 is 2.79 bits per heavy atom. The molecule has 96 valence electrons. The van der Waals surface area contributed by atoms with Gasteiger partial charge in [-0.05, 0) is 31.2 Å². The molecular weight excluding hydrogens is 285 g/mol. The minimum atomic E-state index is 0.434. The van der Waals surface area contributed by atoms with E-state index < -0.39 is 0 Å². The molecule has 0 aliphatic carbocycles. The molecule has 0 aromatic carbocycles. The topological polar surface area (TPSA) is 43.9 Å². The van der Waals surface area contributed by atoms with Crippen LogP contribution in [-0.4, -0.2) is 14.8 Å². The molecule has 3 aromatic heterocycles. The molecule has 0 unspecified atom stereocenters. The Bertz CT molecular complexity index is 720. The highest BCUT2D eigenvalue weighted by atomic mass is 35.5. The van der Waals surface area contributed by atoms with Gasteiger partial charge in [-0.3, -0.25) is 0 Å². The molecule has 0 aliphatic rings. The summed E-state index contributed by atoms with van der Waals surface area (Å²) in [5.41, 5.74) is 1.64. The maximum absolute atomic E-state index is 6.17. The molecule has 0 spiro atoms. The van der Waals surface area contributed by atoms with E-state index in [2.05, 4.69) is 10.1 Å². The molecule has 0 radical (unpaired) electrons. The van der Waals surface area contributed by atoms with Gasteiger partial charge in [-0.2, -0.15) is 5.10 Å². The van der Waals surface area contributed by atoms with Gasteiger partial charge in [0.15, 0.2) is 11.6 Å². The van der Waals surface area contributed by atoms with Gasteiger partial charge in [0.05, 0.1) is 22.0 Å². The van der Waals surface area contributed by atoms with Gasteiger partial charge in [0.1, 0.15) is 5.69 Å². The van der Waals surface area contributed by atoms with Crippen molar-refractivity contribution in [2.24, 2.45) is 0 Å². The summed E-state index contributed by atoms with van der Waals surface area (Å²) < 4.78 is 7.05. The van der Waals surface area contributed by atoms with Crippen LogP contribution in [0.2, 0.25) is 10.0 Å². The monoisotopic (exact) mass is 293 g/mol. The van der Waals surface area contributed by atoms with Gasteiger partial charge in [0.2, 0.25) is 0 Å². The maximum atomic E-state index is 6.17. The Labute approximate surface area is 119 Å². The summed E-state index contributed by atoms with van der Waals surface area (Å²) in [5.74, 6) is 1.22. The number of hydrogen-bond donors (Lipinski definition) is 0. The molecule has 0 amide bonds. The molecule has 0 atom stereocenters. The minimum absolute atomic E-state index is 0.434. The smallest absolute Gasteiger partial charge is 0.173 e. The van der Waals surface area contributed by atoms with Gasteiger partial charge in [0.25, 0.3) is 0 Å². The Hall–Kier alpha value is -1.78. The summed E-state index contributed by atoms with van der Waals surface area (Å²) in [6.45, 7) is 1.90. The lowest BCUT2D eigenvalue weighted by Gasteiger charge is -2.06. The first-order chi connectivity index (χ1) is 9.15. The lowest BCUT2D eigenvalue weighted by Crippen LogP contribution is -2.02. The molecule has 3 rings (SSSR count). The Morgan fingerprint density at radius 1 is 1.26 bits per heavy atom. The van der Waals surface area contributed by atoms with Crippen LogP contribution < -0.4 is 0 Å². The second kappa shape index (κ2) is 4.72. The lowest BCUT2D eigenvalue weighted by atomic mass is 10.3. The molecule has 0 saturated carbocycles. The van der Waals surface area contributed by atoms with Crippen molar-refractivity contribution in [1.29, 1.82) is 0 Å². The fourth-order valence-corrected chi connectivity index (χ4v) is 2.28. The molecule has 0 N–H and O–H groups in total. The van der Waals surface area contributed by atoms with Gasteiger partial charge >= 0.3 is 0 Å². The maximum Gasteiger partial charge on any atom is 0.173 e. The van der Waals surface area contributed by atoms with E-state index in [0.717, 1.165) is 11.4 Å². The number of halogens is 2. The van der Waals surface area contributed by atoms with Crippen molar-refractivity contribution in [2.45, 2.75) is 6.92 Å². The SMILES string of the molecule is Cc1cc(-c2ccco2)n(-c2ncc(Cl)cc2Cl)n1. The first-order valence-electron chi connectivity index (χ1n) is 5.57. The van der Waals surface area contributed by atoms with Crippen molar-refractivity contribution < 1.29 is 4.42 Å². The van der Waals surface area contributed by atoms with E-state index in [-0.39, 0.29) is 0 Å². The third-order valence-electron chi connectivity index (χ3n) is 2.59. The third-order valence-corrected chi connectivity index (χ3v) is 3.08. The molecule has 0 saturated heterocycles. The Balaban J connectivity index is 2.20. The van der Waals surface area contributed by atoms with Crippen molar-refractivity contribution in [3.63, 3.8) is 0 Å². The van der Waals surface area contributed by atoms with Gasteiger partial charge in [-0.1, -0.05) is 23.2 Å². The van der Waals surface area contributed by atoms with E-state index in [1.807, 2.05) is 25.1 Å². The average molecular weight is 294 g/mol. The van der Waals surface area contributed by atoms with Crippen molar-refractivity contribution in [3.8, 4) is 17.3 Å². The van der Waals surface area contributed by atoms with Crippen molar-refractivity contribution in [2.75, 3.05) is 0 Å². The second-order valence-corrected chi connectivity index (χ2v) is 4.86. The minimum Gasteiger partial charge on any atom is -0.463 e. The van der Waals surface area contributed by atoms with Crippen molar-refractivity contribution in [3.05, 3.63) is 52.5 Å². The van der Waals surface area contributed by atoms with E-state index in [9.17, 15) is 0 Å². The van der Waals surface area contributed by atoms with E-state index >= 15 is 0 Å². The Morgan fingerprint density at radius 2 is 2.11 bits per heavy atom. The first kappa shape index (κ1) is 12.3. The number of nitrogens with zero attached hydrogens (tertiary/aromatic N) is 3. The normalized spacial score (nSPS) is 10.9. The first-order valence-corrected chi connectivity index (χ1v) is 6.33. The van der Waals surface area contributed by atoms with Gasteiger partial charge < -0.3 is 4.42 Å². The molecule has 3 aromatic rings. The van der Waals surface area contributed by atoms with Crippen LogP contribution in [0.3, 0.4) is 0 Å². The summed E-state index contributed by atoms with van der Waals surface area (Å²) in [6, 6.07) is 7.22. The highest BCUT2D eigenvalue weighted by Crippen LogP contribution is 2.28. The molecule has 0 aliphatic heterocycles. The quantitative estimate of drug-likeness (QED) is 0.713. The van der Waals surface area contributed by atoms with Crippen LogP contribution in [0.4, 0.5) is 0 Å². The summed E-state index contributed by atoms with van der Waals surface area (Å²) in [6.07, 6.45) is 3.14. The summed E-state index contributed by atoms with van der Waals surface area (Å²) in [5, 5.41) is 5.31. The van der Waals surface area contributed by atoms with E-state index in [0.29, 0.717) is 21.6 Å². The lowest BCUT2D eigenvalue weighted by molar-refractivity contribution is 0.576. The van der Waals surface area contributed by atoms with Crippen LogP contribution in [0.15, 0.2) is 41.1 Å². The van der Waals surface area contributed by atoms with Crippen LogP contribution in [0.5, 0.6) is 0 Å². The standard InChI is InChI=1S/C13H9Cl2N3O/c1-8-5-11(12-3-2-4-19-12)18(17-8)13-10(15)6-9(14)7-16-13/h2-7H,1H3. The third kappa shape index (κ3) is 2.25. The second-order valence-electron chi connectivity index (χ2n) is 4.02. The molecule has 3 heterocycles. The fourth-order valence-electron chi connectivity index (χ4n) is 1.82. The predicted octanol–water partition coefficient (Wildman–Crippen LogP) is 4.14.